The molecule has 6 rings (SSSR count). The van der Waals surface area contributed by atoms with Crippen molar-refractivity contribution >= 4 is 5.97 Å². The van der Waals surface area contributed by atoms with Crippen molar-refractivity contribution in [3.63, 3.8) is 0 Å². The van der Waals surface area contributed by atoms with Gasteiger partial charge in [0.05, 0.1) is 5.92 Å². The van der Waals surface area contributed by atoms with Crippen molar-refractivity contribution in [2.45, 2.75) is 56.2 Å². The highest BCUT2D eigenvalue weighted by atomic mass is 16.7. The number of piperidine rings is 1. The van der Waals surface area contributed by atoms with Crippen molar-refractivity contribution in [1.82, 2.24) is 5.32 Å². The Bertz CT molecular complexity index is 962. The first-order valence-electron chi connectivity index (χ1n) is 10.4. The van der Waals surface area contributed by atoms with Crippen molar-refractivity contribution < 1.29 is 23.7 Å². The van der Waals surface area contributed by atoms with E-state index in [0.717, 1.165) is 29.7 Å². The van der Waals surface area contributed by atoms with Gasteiger partial charge in [-0.05, 0) is 61.4 Å². The average Bonchev–Trinajstić information content (AvgIpc) is 3.32. The molecule has 0 saturated carbocycles. The molecular weight excluding hydrogens is 370 g/mol. The number of fused-ring (bicyclic) bond motifs is 4. The van der Waals surface area contributed by atoms with Crippen LogP contribution in [0, 0.1) is 0 Å². The van der Waals surface area contributed by atoms with Crippen LogP contribution in [0.4, 0.5) is 0 Å². The molecule has 2 aromatic rings. The SMILES string of the molecule is O=C1Oc2cc(OC3CC4CCC(C3)N4)ccc2CC1c1ccc2c(c1)OCO2. The van der Waals surface area contributed by atoms with Gasteiger partial charge < -0.3 is 24.3 Å². The summed E-state index contributed by atoms with van der Waals surface area (Å²) in [5.41, 5.74) is 1.90. The predicted molar refractivity (Wildman–Crippen MR) is 105 cm³/mol. The lowest BCUT2D eigenvalue weighted by molar-refractivity contribution is -0.137. The van der Waals surface area contributed by atoms with E-state index in [2.05, 4.69) is 5.32 Å². The number of nitrogens with one attached hydrogen (secondary N) is 1. The highest BCUT2D eigenvalue weighted by Gasteiger charge is 2.35. The molecule has 4 aliphatic heterocycles. The lowest BCUT2D eigenvalue weighted by Crippen LogP contribution is -2.42. The smallest absolute Gasteiger partial charge is 0.319 e. The fraction of sp³-hybridized carbons (Fsp3) is 0.435. The Kier molecular flexibility index (Phi) is 3.94. The van der Waals surface area contributed by atoms with E-state index in [1.807, 2.05) is 36.4 Å². The van der Waals surface area contributed by atoms with Crippen LogP contribution in [0.2, 0.25) is 0 Å². The van der Waals surface area contributed by atoms with E-state index < -0.39 is 0 Å². The van der Waals surface area contributed by atoms with Gasteiger partial charge in [0, 0.05) is 18.2 Å². The Morgan fingerprint density at radius 2 is 1.76 bits per heavy atom. The van der Waals surface area contributed by atoms with Gasteiger partial charge in [-0.3, -0.25) is 4.79 Å². The standard InChI is InChI=1S/C23H23NO5/c25-23-19(13-2-6-20-22(8-13)27-12-26-20)7-14-1-5-17(11-21(14)29-23)28-18-9-15-3-4-16(10-18)24-15/h1-2,5-6,8,11,15-16,18-19,24H,3-4,7,9-10,12H2. The number of rotatable bonds is 3. The molecule has 150 valence electrons. The van der Waals surface area contributed by atoms with Crippen LogP contribution < -0.4 is 24.3 Å². The molecule has 0 radical (unpaired) electrons. The molecule has 2 bridgehead atoms. The van der Waals surface area contributed by atoms with Crippen LogP contribution in [-0.2, 0) is 11.2 Å². The third-order valence-corrected chi connectivity index (χ3v) is 6.49. The monoisotopic (exact) mass is 393 g/mol. The second-order valence-corrected chi connectivity index (χ2v) is 8.41. The second kappa shape index (κ2) is 6.66. The van der Waals surface area contributed by atoms with Crippen LogP contribution in [0.25, 0.3) is 0 Å². The van der Waals surface area contributed by atoms with Crippen LogP contribution >= 0.6 is 0 Å². The van der Waals surface area contributed by atoms with E-state index in [9.17, 15) is 4.79 Å². The Labute approximate surface area is 169 Å². The molecule has 3 atom stereocenters. The molecule has 1 N–H and O–H groups in total. The molecule has 0 spiro atoms. The van der Waals surface area contributed by atoms with E-state index >= 15 is 0 Å². The lowest BCUT2D eigenvalue weighted by Gasteiger charge is -2.30. The Balaban J connectivity index is 1.20. The van der Waals surface area contributed by atoms with Crippen LogP contribution in [0.1, 0.15) is 42.7 Å². The van der Waals surface area contributed by atoms with Gasteiger partial charge >= 0.3 is 5.97 Å². The van der Waals surface area contributed by atoms with Crippen molar-refractivity contribution in [1.29, 1.82) is 0 Å². The van der Waals surface area contributed by atoms with E-state index in [1.54, 1.807) is 0 Å². The number of ether oxygens (including phenoxy) is 4. The molecule has 3 unspecified atom stereocenters. The zero-order chi connectivity index (χ0) is 19.4. The maximum Gasteiger partial charge on any atom is 0.319 e. The van der Waals surface area contributed by atoms with Crippen molar-refractivity contribution in [3.8, 4) is 23.0 Å². The summed E-state index contributed by atoms with van der Waals surface area (Å²) in [5.74, 6) is 2.20. The highest BCUT2D eigenvalue weighted by Crippen LogP contribution is 2.40. The minimum Gasteiger partial charge on any atom is -0.490 e. The number of carbonyl (C=O) groups is 1. The fourth-order valence-corrected chi connectivity index (χ4v) is 5.03. The molecular formula is C23H23NO5. The first-order chi connectivity index (χ1) is 14.2. The summed E-state index contributed by atoms with van der Waals surface area (Å²) in [7, 11) is 0. The average molecular weight is 393 g/mol. The highest BCUT2D eigenvalue weighted by molar-refractivity contribution is 5.83. The lowest BCUT2D eigenvalue weighted by atomic mass is 9.89. The second-order valence-electron chi connectivity index (χ2n) is 8.41. The third-order valence-electron chi connectivity index (χ3n) is 6.49. The molecule has 0 amide bonds. The molecule has 2 aromatic carbocycles. The minimum atomic E-state index is -0.344. The van der Waals surface area contributed by atoms with E-state index in [1.165, 1.54) is 12.8 Å². The molecule has 6 nitrogen and oxygen atoms in total. The number of carbonyl (C=O) groups excluding carboxylic acids is 1. The van der Waals surface area contributed by atoms with Gasteiger partial charge in [0.25, 0.3) is 0 Å². The van der Waals surface area contributed by atoms with Crippen molar-refractivity contribution in [3.05, 3.63) is 47.5 Å². The molecule has 0 aliphatic carbocycles. The summed E-state index contributed by atoms with van der Waals surface area (Å²) in [4.78, 5) is 12.7. The Morgan fingerprint density at radius 3 is 2.62 bits per heavy atom. The quantitative estimate of drug-likeness (QED) is 0.638. The summed E-state index contributed by atoms with van der Waals surface area (Å²) in [6.45, 7) is 0.220. The minimum absolute atomic E-state index is 0.220. The largest absolute Gasteiger partial charge is 0.490 e. The Morgan fingerprint density at radius 1 is 0.931 bits per heavy atom. The first-order valence-corrected chi connectivity index (χ1v) is 10.4. The number of benzene rings is 2. The van der Waals surface area contributed by atoms with Crippen molar-refractivity contribution in [2.24, 2.45) is 0 Å². The molecule has 6 heteroatoms. The van der Waals surface area contributed by atoms with Gasteiger partial charge in [0.15, 0.2) is 11.5 Å². The van der Waals surface area contributed by atoms with Crippen LogP contribution in [0.3, 0.4) is 0 Å². The van der Waals surface area contributed by atoms with Gasteiger partial charge in [-0.2, -0.15) is 0 Å². The zero-order valence-electron chi connectivity index (χ0n) is 16.1. The topological polar surface area (TPSA) is 66.0 Å². The van der Waals surface area contributed by atoms with Gasteiger partial charge in [-0.1, -0.05) is 12.1 Å². The summed E-state index contributed by atoms with van der Waals surface area (Å²) in [5, 5.41) is 3.63. The number of hydrogen-bond donors (Lipinski definition) is 1. The van der Waals surface area contributed by atoms with E-state index in [4.69, 9.17) is 18.9 Å². The van der Waals surface area contributed by atoms with E-state index in [-0.39, 0.29) is 24.8 Å². The molecule has 29 heavy (non-hydrogen) atoms. The molecule has 0 aromatic heterocycles. The van der Waals surface area contributed by atoms with E-state index in [0.29, 0.717) is 35.8 Å². The van der Waals surface area contributed by atoms with Gasteiger partial charge in [-0.15, -0.1) is 0 Å². The molecule has 2 fully saturated rings. The maximum atomic E-state index is 12.7. The predicted octanol–water partition coefficient (Wildman–Crippen LogP) is 3.32. The summed E-state index contributed by atoms with van der Waals surface area (Å²) in [6.07, 6.45) is 5.40. The molecule has 2 saturated heterocycles. The van der Waals surface area contributed by atoms with Crippen molar-refractivity contribution in [2.75, 3.05) is 6.79 Å². The maximum absolute atomic E-state index is 12.7. The molecule has 4 heterocycles. The summed E-state index contributed by atoms with van der Waals surface area (Å²) >= 11 is 0. The zero-order valence-corrected chi connectivity index (χ0v) is 16.1. The third kappa shape index (κ3) is 3.12. The summed E-state index contributed by atoms with van der Waals surface area (Å²) in [6, 6.07) is 12.7. The Hall–Kier alpha value is -2.73. The van der Waals surface area contributed by atoms with Crippen LogP contribution in [0.15, 0.2) is 36.4 Å². The molecule has 4 aliphatic rings. The van der Waals surface area contributed by atoms with Gasteiger partial charge in [0.2, 0.25) is 6.79 Å². The number of esters is 1. The normalized spacial score (nSPS) is 29.3. The van der Waals surface area contributed by atoms with Crippen LogP contribution in [0.5, 0.6) is 23.0 Å². The summed E-state index contributed by atoms with van der Waals surface area (Å²) < 4.78 is 22.7. The number of hydrogen-bond acceptors (Lipinski definition) is 6. The van der Waals surface area contributed by atoms with Gasteiger partial charge in [-0.25, -0.2) is 0 Å². The first kappa shape index (κ1) is 17.2. The fourth-order valence-electron chi connectivity index (χ4n) is 5.03. The van der Waals surface area contributed by atoms with Crippen LogP contribution in [-0.4, -0.2) is 30.9 Å². The van der Waals surface area contributed by atoms with Gasteiger partial charge in [0.1, 0.15) is 17.6 Å².